The van der Waals surface area contributed by atoms with Gasteiger partial charge in [-0.25, -0.2) is 0 Å². The van der Waals surface area contributed by atoms with Gasteiger partial charge in [-0.1, -0.05) is 253 Å². The number of ether oxygens (including phenoxy) is 6. The van der Waals surface area contributed by atoms with Crippen LogP contribution in [0.2, 0.25) is 0 Å². The van der Waals surface area contributed by atoms with Gasteiger partial charge in [0.2, 0.25) is 5.91 Å². The van der Waals surface area contributed by atoms with Crippen molar-refractivity contribution in [3.05, 3.63) is 85.1 Å². The van der Waals surface area contributed by atoms with Gasteiger partial charge in [-0.2, -0.15) is 0 Å². The third kappa shape index (κ3) is 36.7. The number of aliphatic hydroxyl groups is 11. The maximum atomic E-state index is 13.4. The Bertz CT molecular complexity index is 2030. The summed E-state index contributed by atoms with van der Waals surface area (Å²) < 4.78 is 34.3. The van der Waals surface area contributed by atoms with E-state index in [1.807, 2.05) is 6.08 Å². The monoisotopic (exact) mass is 1330 g/mol. The van der Waals surface area contributed by atoms with E-state index in [4.69, 9.17) is 28.4 Å². The molecule has 94 heavy (non-hydrogen) atoms. The largest absolute Gasteiger partial charge is 0.394 e. The Morgan fingerprint density at radius 3 is 1.19 bits per heavy atom. The van der Waals surface area contributed by atoms with Crippen molar-refractivity contribution < 1.29 is 89.4 Å². The highest BCUT2D eigenvalue weighted by Gasteiger charge is 2.53. The zero-order valence-corrected chi connectivity index (χ0v) is 57.7. The van der Waals surface area contributed by atoms with Crippen molar-refractivity contribution in [1.82, 2.24) is 5.32 Å². The smallest absolute Gasteiger partial charge is 0.220 e. The third-order valence-electron chi connectivity index (χ3n) is 17.9. The van der Waals surface area contributed by atoms with E-state index in [1.54, 1.807) is 6.08 Å². The molecule has 0 aromatic rings. The topological polar surface area (TPSA) is 307 Å². The van der Waals surface area contributed by atoms with E-state index in [1.165, 1.54) is 148 Å². The van der Waals surface area contributed by atoms with Gasteiger partial charge in [-0.15, -0.1) is 0 Å². The second-order valence-electron chi connectivity index (χ2n) is 26.0. The number of amides is 1. The van der Waals surface area contributed by atoms with Crippen molar-refractivity contribution >= 4 is 5.91 Å². The molecule has 19 heteroatoms. The second kappa shape index (κ2) is 55.8. The van der Waals surface area contributed by atoms with Crippen LogP contribution < -0.4 is 5.32 Å². The molecule has 17 atom stereocenters. The number of allylic oxidation sites excluding steroid dienone is 13. The summed E-state index contributed by atoms with van der Waals surface area (Å²) in [5, 5.41) is 120. The van der Waals surface area contributed by atoms with Crippen LogP contribution in [0.4, 0.5) is 0 Å². The first-order chi connectivity index (χ1) is 45.8. The molecule has 0 spiro atoms. The van der Waals surface area contributed by atoms with Crippen LogP contribution in [0.25, 0.3) is 0 Å². The Kier molecular flexibility index (Phi) is 50.6. The van der Waals surface area contributed by atoms with Crippen LogP contribution in [0.5, 0.6) is 0 Å². The Hall–Kier alpha value is -3.03. The molecular formula is C75H131NO18. The van der Waals surface area contributed by atoms with E-state index in [2.05, 4.69) is 92.1 Å². The lowest BCUT2D eigenvalue weighted by Gasteiger charge is -2.48. The minimum atomic E-state index is -1.98. The lowest BCUT2D eigenvalue weighted by Crippen LogP contribution is -2.66. The van der Waals surface area contributed by atoms with Crippen molar-refractivity contribution in [1.29, 1.82) is 0 Å². The van der Waals surface area contributed by atoms with Crippen LogP contribution in [-0.2, 0) is 33.2 Å². The average molecular weight is 1330 g/mol. The maximum Gasteiger partial charge on any atom is 0.220 e. The molecule has 0 radical (unpaired) electrons. The molecule has 3 rings (SSSR count). The molecule has 0 aromatic heterocycles. The molecule has 0 aliphatic carbocycles. The minimum Gasteiger partial charge on any atom is -0.394 e. The van der Waals surface area contributed by atoms with Crippen LogP contribution in [0.3, 0.4) is 0 Å². The SMILES string of the molecule is CC/C=C\C/C=C\C/C=C\C/C=C\C/C=C\CCCCCCCCCCCCCCCCCCCCCCCC(=O)NC(COC1OC(CO)C(OC2OC(CO)C(OC3OC(CO)C(O)C(O)C3O)C(O)C2O)C(O)C1O)C(O)/C=C/CC/C=C/CCCCCCCC. The number of carbonyl (C=O) groups is 1. The Balaban J connectivity index is 1.31. The lowest BCUT2D eigenvalue weighted by atomic mass is 9.96. The van der Waals surface area contributed by atoms with E-state index in [-0.39, 0.29) is 18.9 Å². The average Bonchev–Trinajstić information content (AvgIpc) is 0.794. The first-order valence-electron chi connectivity index (χ1n) is 36.8. The number of unbranched alkanes of at least 4 members (excludes halogenated alkanes) is 28. The van der Waals surface area contributed by atoms with E-state index >= 15 is 0 Å². The van der Waals surface area contributed by atoms with E-state index < -0.39 is 124 Å². The number of carbonyl (C=O) groups excluding carboxylic acids is 1. The molecule has 0 bridgehead atoms. The van der Waals surface area contributed by atoms with Gasteiger partial charge in [0.25, 0.3) is 0 Å². The Morgan fingerprint density at radius 1 is 0.394 bits per heavy atom. The highest BCUT2D eigenvalue weighted by Crippen LogP contribution is 2.33. The van der Waals surface area contributed by atoms with Gasteiger partial charge in [0, 0.05) is 6.42 Å². The fourth-order valence-electron chi connectivity index (χ4n) is 12.0. The zero-order chi connectivity index (χ0) is 68.2. The van der Waals surface area contributed by atoms with Crippen LogP contribution in [-0.4, -0.2) is 193 Å². The fourth-order valence-corrected chi connectivity index (χ4v) is 12.0. The lowest BCUT2D eigenvalue weighted by molar-refractivity contribution is -0.379. The first-order valence-corrected chi connectivity index (χ1v) is 36.8. The van der Waals surface area contributed by atoms with Crippen molar-refractivity contribution in [2.45, 2.75) is 356 Å². The number of nitrogens with one attached hydrogen (secondary N) is 1. The zero-order valence-electron chi connectivity index (χ0n) is 57.7. The van der Waals surface area contributed by atoms with Gasteiger partial charge in [0.1, 0.15) is 73.2 Å². The number of hydrogen-bond donors (Lipinski definition) is 12. The van der Waals surface area contributed by atoms with Crippen LogP contribution in [0.1, 0.15) is 251 Å². The predicted molar refractivity (Wildman–Crippen MR) is 369 cm³/mol. The normalized spacial score (nSPS) is 27.9. The summed E-state index contributed by atoms with van der Waals surface area (Å²) >= 11 is 0. The Labute approximate surface area is 565 Å². The summed E-state index contributed by atoms with van der Waals surface area (Å²) in [6.45, 7) is 1.58. The molecule has 19 nitrogen and oxygen atoms in total. The molecular weight excluding hydrogens is 1200 g/mol. The molecule has 17 unspecified atom stereocenters. The highest BCUT2D eigenvalue weighted by atomic mass is 16.8. The maximum absolute atomic E-state index is 13.4. The summed E-state index contributed by atoms with van der Waals surface area (Å²) in [4.78, 5) is 13.4. The number of aliphatic hydroxyl groups excluding tert-OH is 11. The van der Waals surface area contributed by atoms with Crippen molar-refractivity contribution in [3.63, 3.8) is 0 Å². The summed E-state index contributed by atoms with van der Waals surface area (Å²) in [7, 11) is 0. The molecule has 3 aliphatic heterocycles. The molecule has 3 heterocycles. The summed E-state index contributed by atoms with van der Waals surface area (Å²) in [5.74, 6) is -0.286. The van der Waals surface area contributed by atoms with Gasteiger partial charge >= 0.3 is 0 Å². The molecule has 12 N–H and O–H groups in total. The van der Waals surface area contributed by atoms with Crippen molar-refractivity contribution in [2.75, 3.05) is 26.4 Å². The molecule has 0 saturated carbocycles. The summed E-state index contributed by atoms with van der Waals surface area (Å²) in [6, 6.07) is -0.991. The van der Waals surface area contributed by atoms with E-state index in [9.17, 15) is 61.0 Å². The molecule has 3 saturated heterocycles. The second-order valence-corrected chi connectivity index (χ2v) is 26.0. The van der Waals surface area contributed by atoms with E-state index in [0.717, 1.165) is 70.6 Å². The quantitative estimate of drug-likeness (QED) is 0.0199. The van der Waals surface area contributed by atoms with Crippen LogP contribution >= 0.6 is 0 Å². The van der Waals surface area contributed by atoms with Crippen LogP contribution in [0, 0.1) is 0 Å². The van der Waals surface area contributed by atoms with Gasteiger partial charge in [-0.3, -0.25) is 4.79 Å². The summed E-state index contributed by atoms with van der Waals surface area (Å²) in [6.07, 6.45) is 46.0. The first kappa shape index (κ1) is 85.2. The van der Waals surface area contributed by atoms with Gasteiger partial charge in [-0.05, 0) is 77.0 Å². The van der Waals surface area contributed by atoms with E-state index in [0.29, 0.717) is 12.8 Å². The summed E-state index contributed by atoms with van der Waals surface area (Å²) in [5.41, 5.74) is 0. The van der Waals surface area contributed by atoms with Gasteiger partial charge in [0.05, 0.1) is 38.6 Å². The van der Waals surface area contributed by atoms with Crippen molar-refractivity contribution in [2.24, 2.45) is 0 Å². The molecule has 1 amide bonds. The number of rotatable bonds is 56. The molecule has 3 fully saturated rings. The molecule has 0 aromatic carbocycles. The predicted octanol–water partition coefficient (Wildman–Crippen LogP) is 10.7. The third-order valence-corrected chi connectivity index (χ3v) is 17.9. The molecule has 544 valence electrons. The Morgan fingerprint density at radius 2 is 0.745 bits per heavy atom. The standard InChI is InChI=1S/C75H131NO18/c1-3-5-7-9-11-13-15-17-18-19-20-21-22-23-24-25-26-27-28-29-30-31-32-33-34-35-36-37-38-39-40-41-43-45-47-49-51-53-63(81)76-58(59(80)52-50-48-46-44-42-16-14-12-10-8-6-4-2)57-89-73-69(87)66(84)71(61(55-78)91-73)94-75-70(88)67(85)72(62(56-79)92-75)93-74-68(86)65(83)64(82)60(54-77)90-74/h5,7,11,13,17-18,20-21,23-24,42,44,50,52,58-62,64-75,77-80,82-88H,3-4,6,8-10,12,14-16,19,22,25-41,43,45-49,51,53-57H2,1-2H3,(H,76,81)/b7-5-,13-11-,18-17-,21-20-,24-23-,44-42+,52-50+. The highest BCUT2D eigenvalue weighted by molar-refractivity contribution is 5.76. The van der Waals surface area contributed by atoms with Gasteiger partial charge < -0.3 is 89.9 Å². The van der Waals surface area contributed by atoms with Gasteiger partial charge in [0.15, 0.2) is 18.9 Å². The van der Waals surface area contributed by atoms with Crippen molar-refractivity contribution in [3.8, 4) is 0 Å². The number of hydrogen-bond acceptors (Lipinski definition) is 18. The molecule has 3 aliphatic rings. The minimum absolute atomic E-state index is 0.235. The van der Waals surface area contributed by atoms with Crippen LogP contribution in [0.15, 0.2) is 85.1 Å². The fraction of sp³-hybridized carbons (Fsp3) is 0.800.